The molecule has 0 saturated heterocycles. The van der Waals surface area contributed by atoms with Crippen LogP contribution in [0, 0.1) is 0 Å². The van der Waals surface area contributed by atoms with Gasteiger partial charge >= 0.3 is 0 Å². The molecule has 0 fully saturated rings. The molecule has 0 aromatic rings. The molecule has 2 heteroatoms. The quantitative estimate of drug-likeness (QED) is 0.579. The molecule has 1 aliphatic carbocycles. The Morgan fingerprint density at radius 1 is 1.40 bits per heavy atom. The van der Waals surface area contributed by atoms with Gasteiger partial charge in [0, 0.05) is 11.3 Å². The lowest BCUT2D eigenvalue weighted by Crippen LogP contribution is -2.07. The van der Waals surface area contributed by atoms with E-state index in [0.717, 1.165) is 24.2 Å². The third-order valence-electron chi connectivity index (χ3n) is 1.80. The molecule has 0 unspecified atom stereocenters. The van der Waals surface area contributed by atoms with Crippen LogP contribution in [0.4, 0.5) is 0 Å². The highest BCUT2D eigenvalue weighted by molar-refractivity contribution is 8.03. The van der Waals surface area contributed by atoms with Crippen LogP contribution in [0.3, 0.4) is 0 Å². The predicted octanol–water partition coefficient (Wildman–Crippen LogP) is 2.38. The zero-order valence-corrected chi connectivity index (χ0v) is 7.25. The van der Waals surface area contributed by atoms with E-state index < -0.39 is 0 Å². The van der Waals surface area contributed by atoms with E-state index in [1.54, 1.807) is 11.8 Å². The first kappa shape index (κ1) is 7.86. The van der Waals surface area contributed by atoms with Gasteiger partial charge in [-0.25, -0.2) is 0 Å². The normalized spacial score (nSPS) is 20.0. The fraction of sp³-hybridized carbons (Fsp3) is 0.625. The molecule has 0 amide bonds. The van der Waals surface area contributed by atoms with E-state index >= 15 is 0 Å². The number of hydrogen-bond donors (Lipinski definition) is 0. The minimum absolute atomic E-state index is 0.344. The minimum Gasteiger partial charge on any atom is -0.294 e. The lowest BCUT2D eigenvalue weighted by molar-refractivity contribution is -0.115. The molecule has 0 radical (unpaired) electrons. The van der Waals surface area contributed by atoms with Crippen LogP contribution in [0.1, 0.15) is 26.2 Å². The number of allylic oxidation sites excluding steroid dienone is 2. The van der Waals surface area contributed by atoms with Crippen LogP contribution in [-0.2, 0) is 4.79 Å². The first-order chi connectivity index (χ1) is 4.75. The summed E-state index contributed by atoms with van der Waals surface area (Å²) in [7, 11) is 0. The number of hydrogen-bond acceptors (Lipinski definition) is 2. The molecule has 0 aromatic carbocycles. The maximum atomic E-state index is 11.2. The summed E-state index contributed by atoms with van der Waals surface area (Å²) in [6.07, 6.45) is 4.90. The van der Waals surface area contributed by atoms with Crippen LogP contribution < -0.4 is 0 Å². The summed E-state index contributed by atoms with van der Waals surface area (Å²) in [5.74, 6) is 0.344. The Labute approximate surface area is 65.9 Å². The Hall–Kier alpha value is -0.240. The highest BCUT2D eigenvalue weighted by Crippen LogP contribution is 2.27. The third-order valence-corrected chi connectivity index (χ3v) is 2.78. The van der Waals surface area contributed by atoms with E-state index in [9.17, 15) is 4.79 Å². The van der Waals surface area contributed by atoms with Gasteiger partial charge in [-0.2, -0.15) is 0 Å². The molecule has 0 N–H and O–H groups in total. The summed E-state index contributed by atoms with van der Waals surface area (Å²) >= 11 is 1.59. The van der Waals surface area contributed by atoms with Crippen molar-refractivity contribution in [2.45, 2.75) is 26.2 Å². The molecule has 1 nitrogen and oxygen atoms in total. The lowest BCUT2D eigenvalue weighted by atomic mass is 10.00. The molecule has 0 bridgehead atoms. The second-order valence-electron chi connectivity index (χ2n) is 2.59. The van der Waals surface area contributed by atoms with Crippen LogP contribution in [0.2, 0.25) is 0 Å². The van der Waals surface area contributed by atoms with E-state index in [1.807, 2.05) is 6.26 Å². The van der Waals surface area contributed by atoms with Crippen molar-refractivity contribution in [1.29, 1.82) is 0 Å². The van der Waals surface area contributed by atoms with Gasteiger partial charge in [-0.3, -0.25) is 4.79 Å². The summed E-state index contributed by atoms with van der Waals surface area (Å²) in [4.78, 5) is 12.2. The predicted molar refractivity (Wildman–Crippen MR) is 45.1 cm³/mol. The van der Waals surface area contributed by atoms with Crippen LogP contribution >= 0.6 is 11.8 Å². The number of carbonyl (C=O) groups excluding carboxylic acids is 1. The number of Topliss-reactive ketones (excluding diaryl/α,β-unsaturated/α-hetero) is 1. The second kappa shape index (κ2) is 3.24. The van der Waals surface area contributed by atoms with E-state index in [4.69, 9.17) is 0 Å². The van der Waals surface area contributed by atoms with Crippen molar-refractivity contribution in [3.05, 3.63) is 10.5 Å². The van der Waals surface area contributed by atoms with Crippen molar-refractivity contribution < 1.29 is 4.79 Å². The highest BCUT2D eigenvalue weighted by Gasteiger charge is 2.15. The zero-order valence-electron chi connectivity index (χ0n) is 6.44. The van der Waals surface area contributed by atoms with Gasteiger partial charge in [-0.05, 0) is 26.0 Å². The molecule has 0 heterocycles. The Balaban J connectivity index is 2.84. The van der Waals surface area contributed by atoms with E-state index in [-0.39, 0.29) is 0 Å². The SMILES string of the molecule is CSC1=C(C)CCCC1=O. The van der Waals surface area contributed by atoms with Gasteiger partial charge in [0.05, 0.1) is 0 Å². The van der Waals surface area contributed by atoms with Crippen LogP contribution in [-0.4, -0.2) is 12.0 Å². The number of thioether (sulfide) groups is 1. The standard InChI is InChI=1S/C8H12OS/c1-6-4-3-5-7(9)8(6)10-2/h3-5H2,1-2H3. The lowest BCUT2D eigenvalue weighted by Gasteiger charge is -2.13. The van der Waals surface area contributed by atoms with Gasteiger partial charge < -0.3 is 0 Å². The van der Waals surface area contributed by atoms with Gasteiger partial charge in [-0.1, -0.05) is 5.57 Å². The first-order valence-electron chi connectivity index (χ1n) is 3.52. The number of ketones is 1. The largest absolute Gasteiger partial charge is 0.294 e. The summed E-state index contributed by atoms with van der Waals surface area (Å²) in [5.41, 5.74) is 1.28. The summed E-state index contributed by atoms with van der Waals surface area (Å²) < 4.78 is 0. The third kappa shape index (κ3) is 1.43. The molecule has 1 rings (SSSR count). The maximum absolute atomic E-state index is 11.2. The summed E-state index contributed by atoms with van der Waals surface area (Å²) in [6, 6.07) is 0. The molecule has 0 aliphatic heterocycles. The average Bonchev–Trinajstić information content (AvgIpc) is 1.88. The Morgan fingerprint density at radius 2 is 2.10 bits per heavy atom. The molecule has 0 saturated carbocycles. The fourth-order valence-corrected chi connectivity index (χ4v) is 2.05. The molecule has 0 aromatic heterocycles. The van der Waals surface area contributed by atoms with E-state index in [0.29, 0.717) is 5.78 Å². The van der Waals surface area contributed by atoms with Crippen LogP contribution in [0.5, 0.6) is 0 Å². The van der Waals surface area contributed by atoms with Gasteiger partial charge in [0.2, 0.25) is 0 Å². The first-order valence-corrected chi connectivity index (χ1v) is 4.75. The molecule has 56 valence electrons. The summed E-state index contributed by atoms with van der Waals surface area (Å²) in [5, 5.41) is 0. The van der Waals surface area contributed by atoms with Crippen molar-refractivity contribution >= 4 is 17.5 Å². The smallest absolute Gasteiger partial charge is 0.169 e. The average molecular weight is 156 g/mol. The number of rotatable bonds is 1. The zero-order chi connectivity index (χ0) is 7.56. The van der Waals surface area contributed by atoms with Crippen molar-refractivity contribution in [3.63, 3.8) is 0 Å². The van der Waals surface area contributed by atoms with Crippen LogP contribution in [0.25, 0.3) is 0 Å². The van der Waals surface area contributed by atoms with Crippen LogP contribution in [0.15, 0.2) is 10.5 Å². The number of carbonyl (C=O) groups is 1. The minimum atomic E-state index is 0.344. The van der Waals surface area contributed by atoms with Crippen molar-refractivity contribution in [2.24, 2.45) is 0 Å². The molecule has 10 heavy (non-hydrogen) atoms. The van der Waals surface area contributed by atoms with E-state index in [1.165, 1.54) is 5.57 Å². The van der Waals surface area contributed by atoms with Gasteiger partial charge in [0.15, 0.2) is 5.78 Å². The van der Waals surface area contributed by atoms with Crippen molar-refractivity contribution in [3.8, 4) is 0 Å². The molecule has 0 atom stereocenters. The van der Waals surface area contributed by atoms with Gasteiger partial charge in [-0.15, -0.1) is 11.8 Å². The highest BCUT2D eigenvalue weighted by atomic mass is 32.2. The molecule has 1 aliphatic rings. The van der Waals surface area contributed by atoms with Crippen molar-refractivity contribution in [1.82, 2.24) is 0 Å². The van der Waals surface area contributed by atoms with Gasteiger partial charge in [0.1, 0.15) is 0 Å². The second-order valence-corrected chi connectivity index (χ2v) is 3.41. The Kier molecular flexibility index (Phi) is 2.55. The molecule has 0 spiro atoms. The molecular formula is C8H12OS. The maximum Gasteiger partial charge on any atom is 0.169 e. The topological polar surface area (TPSA) is 17.1 Å². The monoisotopic (exact) mass is 156 g/mol. The fourth-order valence-electron chi connectivity index (χ4n) is 1.27. The van der Waals surface area contributed by atoms with E-state index in [2.05, 4.69) is 6.92 Å². The molecular weight excluding hydrogens is 144 g/mol. The Morgan fingerprint density at radius 3 is 2.50 bits per heavy atom. The summed E-state index contributed by atoms with van der Waals surface area (Å²) in [6.45, 7) is 2.06. The Bertz CT molecular complexity index is 182. The van der Waals surface area contributed by atoms with Crippen molar-refractivity contribution in [2.75, 3.05) is 6.26 Å². The van der Waals surface area contributed by atoms with Gasteiger partial charge in [0.25, 0.3) is 0 Å².